The predicted molar refractivity (Wildman–Crippen MR) is 128 cm³/mol. The number of para-hydroxylation sites is 1. The van der Waals surface area contributed by atoms with Gasteiger partial charge in [-0.25, -0.2) is 4.39 Å². The Balaban J connectivity index is 1.54. The first kappa shape index (κ1) is 20.9. The molecule has 0 amide bonds. The van der Waals surface area contributed by atoms with Crippen LogP contribution in [0.1, 0.15) is 11.4 Å². The number of hydrogen-bond donors (Lipinski definition) is 0. The number of benzene rings is 3. The Hall–Kier alpha value is -2.94. The van der Waals surface area contributed by atoms with Crippen LogP contribution in [0.15, 0.2) is 82.7 Å². The van der Waals surface area contributed by atoms with Crippen LogP contribution in [0.3, 0.4) is 0 Å². The highest BCUT2D eigenvalue weighted by Gasteiger charge is 2.18. The molecule has 0 unspecified atom stereocenters. The van der Waals surface area contributed by atoms with Crippen molar-refractivity contribution in [2.45, 2.75) is 17.5 Å². The van der Waals surface area contributed by atoms with Crippen molar-refractivity contribution in [2.24, 2.45) is 0 Å². The van der Waals surface area contributed by atoms with E-state index in [0.717, 1.165) is 21.5 Å². The van der Waals surface area contributed by atoms with E-state index in [0.29, 0.717) is 21.8 Å². The Bertz CT molecular complexity index is 1460. The van der Waals surface area contributed by atoms with Crippen molar-refractivity contribution in [1.82, 2.24) is 19.3 Å². The minimum absolute atomic E-state index is 0.0487. The first-order valence-electron chi connectivity index (χ1n) is 9.74. The van der Waals surface area contributed by atoms with Crippen LogP contribution in [-0.4, -0.2) is 19.3 Å². The van der Waals surface area contributed by atoms with Gasteiger partial charge in [-0.1, -0.05) is 65.0 Å². The summed E-state index contributed by atoms with van der Waals surface area (Å²) in [6, 6.07) is 21.5. The van der Waals surface area contributed by atoms with Crippen LogP contribution in [-0.2, 0) is 12.3 Å². The maximum Gasteiger partial charge on any atom is 0.308 e. The summed E-state index contributed by atoms with van der Waals surface area (Å²) in [4.78, 5) is 12.6. The van der Waals surface area contributed by atoms with Crippen LogP contribution in [0.25, 0.3) is 15.9 Å². The quantitative estimate of drug-likeness (QED) is 0.288. The minimum Gasteiger partial charge on any atom is -0.291 e. The van der Waals surface area contributed by atoms with Crippen LogP contribution in [0.4, 0.5) is 4.39 Å². The summed E-state index contributed by atoms with van der Waals surface area (Å²) in [6.07, 6.45) is 0. The molecule has 0 radical (unpaired) electrons. The standard InChI is InChI=1S/C23H16ClFN4OS2/c24-16-4-3-5-18(12-16)29-21(13-28-19-6-1-2-7-20(19)32-23(28)30)26-27-22(29)31-14-15-8-10-17(25)11-9-15/h1-12H,13-14H2. The molecule has 0 aliphatic rings. The molecular formula is C23H16ClFN4OS2. The van der Waals surface area contributed by atoms with Gasteiger partial charge in [0.05, 0.1) is 22.4 Å². The van der Waals surface area contributed by atoms with E-state index in [1.807, 2.05) is 47.0 Å². The van der Waals surface area contributed by atoms with Gasteiger partial charge in [0.15, 0.2) is 11.0 Å². The SMILES string of the molecule is O=c1sc2ccccc2n1Cc1nnc(SCc2ccc(F)cc2)n1-c1cccc(Cl)c1. The van der Waals surface area contributed by atoms with E-state index >= 15 is 0 Å². The lowest BCUT2D eigenvalue weighted by molar-refractivity contribution is 0.627. The third-order valence-electron chi connectivity index (χ3n) is 4.92. The van der Waals surface area contributed by atoms with Crippen molar-refractivity contribution in [2.75, 3.05) is 0 Å². The van der Waals surface area contributed by atoms with Gasteiger partial charge in [0, 0.05) is 10.8 Å². The molecular weight excluding hydrogens is 467 g/mol. The molecule has 5 nitrogen and oxygen atoms in total. The molecule has 5 rings (SSSR count). The summed E-state index contributed by atoms with van der Waals surface area (Å²) in [5, 5.41) is 10.1. The van der Waals surface area contributed by atoms with E-state index in [4.69, 9.17) is 11.6 Å². The van der Waals surface area contributed by atoms with Crippen molar-refractivity contribution < 1.29 is 4.39 Å². The van der Waals surface area contributed by atoms with Crippen molar-refractivity contribution in [3.63, 3.8) is 0 Å². The molecule has 0 spiro atoms. The van der Waals surface area contributed by atoms with Gasteiger partial charge in [0.2, 0.25) is 0 Å². The Labute approximate surface area is 196 Å². The van der Waals surface area contributed by atoms with Gasteiger partial charge < -0.3 is 0 Å². The highest BCUT2D eigenvalue weighted by atomic mass is 35.5. The highest BCUT2D eigenvalue weighted by Crippen LogP contribution is 2.27. The van der Waals surface area contributed by atoms with Crippen LogP contribution < -0.4 is 4.87 Å². The maximum absolute atomic E-state index is 13.2. The molecule has 9 heteroatoms. The Morgan fingerprint density at radius 3 is 2.62 bits per heavy atom. The minimum atomic E-state index is -0.267. The number of thiazole rings is 1. The van der Waals surface area contributed by atoms with Gasteiger partial charge >= 0.3 is 4.87 Å². The number of thioether (sulfide) groups is 1. The average molecular weight is 483 g/mol. The van der Waals surface area contributed by atoms with Crippen LogP contribution >= 0.6 is 34.7 Å². The van der Waals surface area contributed by atoms with Crippen LogP contribution in [0.5, 0.6) is 0 Å². The molecule has 0 bridgehead atoms. The third-order valence-corrected chi connectivity index (χ3v) is 7.12. The van der Waals surface area contributed by atoms with Gasteiger partial charge in [0.25, 0.3) is 0 Å². The van der Waals surface area contributed by atoms with Crippen molar-refractivity contribution >= 4 is 44.9 Å². The Morgan fingerprint density at radius 2 is 1.81 bits per heavy atom. The van der Waals surface area contributed by atoms with Gasteiger partial charge in [0.1, 0.15) is 5.82 Å². The molecule has 32 heavy (non-hydrogen) atoms. The van der Waals surface area contributed by atoms with E-state index in [9.17, 15) is 9.18 Å². The molecule has 160 valence electrons. The zero-order valence-corrected chi connectivity index (χ0v) is 19.0. The van der Waals surface area contributed by atoms with E-state index in [2.05, 4.69) is 10.2 Å². The summed E-state index contributed by atoms with van der Waals surface area (Å²) in [6.45, 7) is 0.277. The summed E-state index contributed by atoms with van der Waals surface area (Å²) in [5.74, 6) is 0.955. The van der Waals surface area contributed by atoms with Gasteiger partial charge in [-0.05, 0) is 48.0 Å². The number of aromatic nitrogens is 4. The summed E-state index contributed by atoms with van der Waals surface area (Å²) >= 11 is 8.95. The van der Waals surface area contributed by atoms with Crippen molar-refractivity contribution in [1.29, 1.82) is 0 Å². The van der Waals surface area contributed by atoms with Crippen molar-refractivity contribution in [3.05, 3.63) is 105 Å². The first-order valence-corrected chi connectivity index (χ1v) is 11.9. The third kappa shape index (κ3) is 4.21. The van der Waals surface area contributed by atoms with E-state index in [1.54, 1.807) is 22.8 Å². The van der Waals surface area contributed by atoms with E-state index in [-0.39, 0.29) is 17.2 Å². The second-order valence-electron chi connectivity index (χ2n) is 7.05. The molecule has 0 saturated carbocycles. The summed E-state index contributed by atoms with van der Waals surface area (Å²) in [5.41, 5.74) is 2.65. The monoisotopic (exact) mass is 482 g/mol. The highest BCUT2D eigenvalue weighted by molar-refractivity contribution is 7.98. The molecule has 0 atom stereocenters. The van der Waals surface area contributed by atoms with Gasteiger partial charge in [-0.2, -0.15) is 0 Å². The number of nitrogens with zero attached hydrogens (tertiary/aromatic N) is 4. The molecule has 5 aromatic rings. The van der Waals surface area contributed by atoms with Crippen LogP contribution in [0, 0.1) is 5.82 Å². The Kier molecular flexibility index (Phi) is 5.82. The zero-order chi connectivity index (χ0) is 22.1. The fourth-order valence-electron chi connectivity index (χ4n) is 3.40. The van der Waals surface area contributed by atoms with Crippen molar-refractivity contribution in [3.8, 4) is 5.69 Å². The second kappa shape index (κ2) is 8.90. The molecule has 2 aromatic heterocycles. The molecule has 0 aliphatic carbocycles. The molecule has 0 aliphatic heterocycles. The number of halogens is 2. The topological polar surface area (TPSA) is 52.7 Å². The lowest BCUT2D eigenvalue weighted by atomic mass is 10.2. The lowest BCUT2D eigenvalue weighted by Gasteiger charge is -2.11. The van der Waals surface area contributed by atoms with E-state index < -0.39 is 0 Å². The maximum atomic E-state index is 13.2. The zero-order valence-electron chi connectivity index (χ0n) is 16.6. The normalized spacial score (nSPS) is 11.3. The molecule has 0 fully saturated rings. The summed E-state index contributed by atoms with van der Waals surface area (Å²) < 4.78 is 17.8. The molecule has 0 N–H and O–H groups in total. The lowest BCUT2D eigenvalue weighted by Crippen LogP contribution is -2.16. The fraction of sp³-hybridized carbons (Fsp3) is 0.0870. The molecule has 2 heterocycles. The summed E-state index contributed by atoms with van der Waals surface area (Å²) in [7, 11) is 0. The molecule has 0 saturated heterocycles. The number of hydrogen-bond acceptors (Lipinski definition) is 5. The van der Waals surface area contributed by atoms with E-state index in [1.165, 1.54) is 35.2 Å². The number of rotatable bonds is 6. The van der Waals surface area contributed by atoms with Gasteiger partial charge in [-0.15, -0.1) is 10.2 Å². The molecule has 3 aromatic carbocycles. The predicted octanol–water partition coefficient (Wildman–Crippen LogP) is 5.78. The number of fused-ring (bicyclic) bond motifs is 1. The largest absolute Gasteiger partial charge is 0.308 e. The average Bonchev–Trinajstić information content (AvgIpc) is 3.34. The smallest absolute Gasteiger partial charge is 0.291 e. The van der Waals surface area contributed by atoms with Crippen LogP contribution in [0.2, 0.25) is 5.02 Å². The fourth-order valence-corrected chi connectivity index (χ4v) is 5.41. The first-order chi connectivity index (χ1) is 15.6. The Morgan fingerprint density at radius 1 is 1.00 bits per heavy atom. The van der Waals surface area contributed by atoms with Gasteiger partial charge in [-0.3, -0.25) is 13.9 Å². The second-order valence-corrected chi connectivity index (χ2v) is 9.42.